The number of carbonyl (C=O) groups excluding carboxylic acids is 1. The van der Waals surface area contributed by atoms with E-state index in [0.717, 1.165) is 11.4 Å². The molecule has 7 nitrogen and oxygen atoms in total. The molecule has 0 aliphatic carbocycles. The summed E-state index contributed by atoms with van der Waals surface area (Å²) in [5.41, 5.74) is 1.04. The Hall–Kier alpha value is -2.22. The van der Waals surface area contributed by atoms with E-state index in [1.165, 1.54) is 0 Å². The molecule has 0 saturated carbocycles. The Kier molecular flexibility index (Phi) is 6.16. The van der Waals surface area contributed by atoms with Gasteiger partial charge in [0.25, 0.3) is 0 Å². The molecule has 0 radical (unpaired) electrons. The molecule has 1 atom stereocenters. The van der Waals surface area contributed by atoms with Gasteiger partial charge in [-0.15, -0.1) is 0 Å². The molecule has 2 aromatic rings. The summed E-state index contributed by atoms with van der Waals surface area (Å²) in [5, 5.41) is 10.2. The summed E-state index contributed by atoms with van der Waals surface area (Å²) < 4.78 is 5.52. The highest BCUT2D eigenvalue weighted by Crippen LogP contribution is 2.08. The number of benzene rings is 1. The number of carbonyl (C=O) groups is 1. The van der Waals surface area contributed by atoms with Gasteiger partial charge in [-0.2, -0.15) is 0 Å². The molecule has 0 unspecified atom stereocenters. The van der Waals surface area contributed by atoms with E-state index in [4.69, 9.17) is 4.74 Å². The van der Waals surface area contributed by atoms with E-state index < -0.39 is 6.10 Å². The van der Waals surface area contributed by atoms with Crippen LogP contribution in [0.2, 0.25) is 0 Å². The van der Waals surface area contributed by atoms with Gasteiger partial charge in [0.1, 0.15) is 12.4 Å². The van der Waals surface area contributed by atoms with Crippen molar-refractivity contribution < 1.29 is 14.6 Å². The summed E-state index contributed by atoms with van der Waals surface area (Å²) in [5.74, 6) is 0.771. The molecule has 1 saturated heterocycles. The molecule has 134 valence electrons. The quantitative estimate of drug-likeness (QED) is 0.803. The van der Waals surface area contributed by atoms with E-state index >= 15 is 0 Å². The second-order valence-electron chi connectivity index (χ2n) is 6.24. The first-order valence-electron chi connectivity index (χ1n) is 8.49. The Morgan fingerprint density at radius 1 is 1.28 bits per heavy atom. The third-order valence-electron chi connectivity index (χ3n) is 4.20. The van der Waals surface area contributed by atoms with E-state index in [1.807, 2.05) is 30.3 Å². The molecule has 0 spiro atoms. The lowest BCUT2D eigenvalue weighted by Crippen LogP contribution is -2.39. The number of aliphatic hydroxyl groups excluding tert-OH is 1. The van der Waals surface area contributed by atoms with Crippen molar-refractivity contribution in [2.24, 2.45) is 0 Å². The number of aromatic nitrogens is 2. The van der Waals surface area contributed by atoms with Gasteiger partial charge in [0.2, 0.25) is 5.91 Å². The first kappa shape index (κ1) is 17.6. The molecule has 3 rings (SSSR count). The average molecular weight is 344 g/mol. The first-order chi connectivity index (χ1) is 12.2. The number of ether oxygens (including phenoxy) is 1. The van der Waals surface area contributed by atoms with Crippen molar-refractivity contribution in [1.29, 1.82) is 0 Å². The van der Waals surface area contributed by atoms with Gasteiger partial charge in [-0.05, 0) is 5.56 Å². The van der Waals surface area contributed by atoms with Crippen molar-refractivity contribution in [3.63, 3.8) is 0 Å². The summed E-state index contributed by atoms with van der Waals surface area (Å²) in [6.07, 6.45) is 2.92. The van der Waals surface area contributed by atoms with Crippen LogP contribution in [0.5, 0.6) is 0 Å². The number of rotatable bonds is 6. The zero-order chi connectivity index (χ0) is 17.5. The largest absolute Gasteiger partial charge is 0.390 e. The number of hydrogen-bond donors (Lipinski definition) is 2. The van der Waals surface area contributed by atoms with Crippen LogP contribution >= 0.6 is 0 Å². The molecule has 1 fully saturated rings. The Morgan fingerprint density at radius 3 is 2.88 bits per heavy atom. The fourth-order valence-corrected chi connectivity index (χ4v) is 2.94. The molecule has 1 amide bonds. The number of nitrogens with zero attached hydrogens (tertiary/aromatic N) is 3. The molecule has 2 heterocycles. The van der Waals surface area contributed by atoms with Gasteiger partial charge < -0.3 is 19.7 Å². The third kappa shape index (κ3) is 5.38. The van der Waals surface area contributed by atoms with Crippen LogP contribution in [-0.4, -0.2) is 69.7 Å². The van der Waals surface area contributed by atoms with Gasteiger partial charge >= 0.3 is 0 Å². The van der Waals surface area contributed by atoms with Crippen LogP contribution < -0.4 is 0 Å². The first-order valence-corrected chi connectivity index (χ1v) is 8.49. The molecule has 2 N–H and O–H groups in total. The fraction of sp³-hybridized carbons (Fsp3) is 0.444. The van der Waals surface area contributed by atoms with Crippen LogP contribution in [0.25, 0.3) is 0 Å². The van der Waals surface area contributed by atoms with Crippen LogP contribution in [-0.2, 0) is 22.7 Å². The highest BCUT2D eigenvalue weighted by atomic mass is 16.5. The summed E-state index contributed by atoms with van der Waals surface area (Å²) >= 11 is 0. The Labute approximate surface area is 147 Å². The molecule has 1 aromatic carbocycles. The minimum Gasteiger partial charge on any atom is -0.390 e. The number of aliphatic hydroxyl groups is 1. The van der Waals surface area contributed by atoms with Crippen LogP contribution in [0.3, 0.4) is 0 Å². The van der Waals surface area contributed by atoms with Crippen molar-refractivity contribution in [2.45, 2.75) is 19.3 Å². The minimum atomic E-state index is -0.574. The van der Waals surface area contributed by atoms with E-state index in [9.17, 15) is 9.90 Å². The molecule has 7 heteroatoms. The van der Waals surface area contributed by atoms with Crippen molar-refractivity contribution >= 4 is 5.91 Å². The SMILES string of the molecule is O=C(COCc1ccccc1)N1CCN(Cc2ncc[nH]2)C[C@@H](O)C1. The van der Waals surface area contributed by atoms with Gasteiger partial charge in [0, 0.05) is 38.6 Å². The summed E-state index contributed by atoms with van der Waals surface area (Å²) in [4.78, 5) is 23.4. The predicted octanol–water partition coefficient (Wildman–Crippen LogP) is 0.632. The monoisotopic (exact) mass is 344 g/mol. The Morgan fingerprint density at radius 2 is 2.12 bits per heavy atom. The predicted molar refractivity (Wildman–Crippen MR) is 92.5 cm³/mol. The summed E-state index contributed by atoms with van der Waals surface area (Å²) in [6, 6.07) is 9.76. The maximum absolute atomic E-state index is 12.4. The Balaban J connectivity index is 1.46. The molecule has 0 bridgehead atoms. The Bertz CT molecular complexity index is 648. The summed E-state index contributed by atoms with van der Waals surface area (Å²) in [7, 11) is 0. The lowest BCUT2D eigenvalue weighted by molar-refractivity contribution is -0.137. The van der Waals surface area contributed by atoms with Crippen molar-refractivity contribution in [3.05, 3.63) is 54.1 Å². The molecule has 1 aliphatic heterocycles. The number of amides is 1. The fourth-order valence-electron chi connectivity index (χ4n) is 2.94. The van der Waals surface area contributed by atoms with E-state index in [1.54, 1.807) is 17.3 Å². The van der Waals surface area contributed by atoms with E-state index in [2.05, 4.69) is 14.9 Å². The van der Waals surface area contributed by atoms with Crippen LogP contribution in [0, 0.1) is 0 Å². The van der Waals surface area contributed by atoms with E-state index in [-0.39, 0.29) is 12.5 Å². The van der Waals surface area contributed by atoms with Gasteiger partial charge in [0.15, 0.2) is 0 Å². The second-order valence-corrected chi connectivity index (χ2v) is 6.24. The number of hydrogen-bond acceptors (Lipinski definition) is 5. The molecular weight excluding hydrogens is 320 g/mol. The lowest BCUT2D eigenvalue weighted by atomic mass is 10.2. The molecule has 1 aliphatic rings. The van der Waals surface area contributed by atoms with E-state index in [0.29, 0.717) is 39.3 Å². The molecule has 1 aromatic heterocycles. The second kappa shape index (κ2) is 8.75. The lowest BCUT2D eigenvalue weighted by Gasteiger charge is -2.21. The maximum atomic E-state index is 12.4. The number of β-amino-alcohol motifs (C(OH)–C–C–N with tert-alkyl or cyclic N) is 1. The number of nitrogens with one attached hydrogen (secondary N) is 1. The minimum absolute atomic E-state index is 0.0276. The van der Waals surface area contributed by atoms with Gasteiger partial charge in [-0.1, -0.05) is 30.3 Å². The van der Waals surface area contributed by atoms with Gasteiger partial charge in [-0.3, -0.25) is 9.69 Å². The normalized spacial score (nSPS) is 18.9. The molecule has 25 heavy (non-hydrogen) atoms. The topological polar surface area (TPSA) is 81.7 Å². The summed E-state index contributed by atoms with van der Waals surface area (Å²) in [6.45, 7) is 3.20. The average Bonchev–Trinajstić information content (AvgIpc) is 3.04. The third-order valence-corrected chi connectivity index (χ3v) is 4.20. The van der Waals surface area contributed by atoms with Crippen molar-refractivity contribution in [1.82, 2.24) is 19.8 Å². The number of aromatic amines is 1. The molecular formula is C18H24N4O3. The van der Waals surface area contributed by atoms with Crippen molar-refractivity contribution in [2.75, 3.05) is 32.8 Å². The van der Waals surface area contributed by atoms with Crippen LogP contribution in [0.1, 0.15) is 11.4 Å². The number of H-pyrrole nitrogens is 1. The van der Waals surface area contributed by atoms with Gasteiger partial charge in [0.05, 0.1) is 19.3 Å². The standard InChI is InChI=1S/C18H24N4O3/c23-16-10-21(12-17-19-6-7-20-17)8-9-22(11-16)18(24)14-25-13-15-4-2-1-3-5-15/h1-7,16,23H,8-14H2,(H,19,20)/t16-/m1/s1. The van der Waals surface area contributed by atoms with Crippen LogP contribution in [0.4, 0.5) is 0 Å². The highest BCUT2D eigenvalue weighted by Gasteiger charge is 2.24. The van der Waals surface area contributed by atoms with Crippen molar-refractivity contribution in [3.8, 4) is 0 Å². The highest BCUT2D eigenvalue weighted by molar-refractivity contribution is 5.77. The zero-order valence-corrected chi connectivity index (χ0v) is 14.2. The van der Waals surface area contributed by atoms with Gasteiger partial charge in [-0.25, -0.2) is 4.98 Å². The maximum Gasteiger partial charge on any atom is 0.248 e. The zero-order valence-electron chi connectivity index (χ0n) is 14.2. The smallest absolute Gasteiger partial charge is 0.248 e. The van der Waals surface area contributed by atoms with Crippen LogP contribution in [0.15, 0.2) is 42.7 Å². The number of imidazole rings is 1.